The molecule has 5 rings (SSSR count). The molecule has 2 amide bonds. The zero-order valence-electron chi connectivity index (χ0n) is 19.4. The quantitative estimate of drug-likeness (QED) is 0.474. The highest BCUT2D eigenvalue weighted by Crippen LogP contribution is 2.34. The monoisotopic (exact) mass is 518 g/mol. The van der Waals surface area contributed by atoms with Crippen LogP contribution in [0.15, 0.2) is 82.8 Å². The predicted molar refractivity (Wildman–Crippen MR) is 137 cm³/mol. The van der Waals surface area contributed by atoms with Gasteiger partial charge in [0.1, 0.15) is 23.5 Å². The fraction of sp³-hybridized carbons (Fsp3) is 0.148. The third-order valence-corrected chi connectivity index (χ3v) is 6.77. The van der Waals surface area contributed by atoms with E-state index in [2.05, 4.69) is 15.3 Å². The molecule has 0 aromatic heterocycles. The number of ketones is 1. The number of amidine groups is 2. The van der Waals surface area contributed by atoms with E-state index in [-0.39, 0.29) is 41.4 Å². The number of amides is 2. The molecule has 1 atom stereocenters. The number of Topliss-reactive ketones (excluding diaryl/α,β-unsaturated/α-hetero) is 1. The number of carbonyl (C=O) groups is 3. The molecule has 3 aromatic rings. The van der Waals surface area contributed by atoms with Crippen molar-refractivity contribution in [2.24, 2.45) is 9.98 Å². The summed E-state index contributed by atoms with van der Waals surface area (Å²) in [6, 6.07) is 17.2. The van der Waals surface area contributed by atoms with Crippen molar-refractivity contribution in [1.29, 1.82) is 0 Å². The van der Waals surface area contributed by atoms with Gasteiger partial charge in [0.05, 0.1) is 17.9 Å². The number of nitrogens with zero attached hydrogens (tertiary/aromatic N) is 3. The van der Waals surface area contributed by atoms with Crippen molar-refractivity contribution in [3.05, 3.63) is 101 Å². The number of para-hydroxylation sites is 1. The number of carbonyl (C=O) groups excluding carboxylic acids is 3. The lowest BCUT2D eigenvalue weighted by Crippen LogP contribution is -2.42. The number of hydrogen-bond donors (Lipinski definition) is 1. The lowest BCUT2D eigenvalue weighted by Gasteiger charge is -2.25. The minimum absolute atomic E-state index is 0.0213. The molecule has 0 radical (unpaired) electrons. The average Bonchev–Trinajstić information content (AvgIpc) is 3.23. The van der Waals surface area contributed by atoms with E-state index in [1.807, 2.05) is 6.07 Å². The lowest BCUT2D eigenvalue weighted by atomic mass is 10.1. The van der Waals surface area contributed by atoms with Crippen LogP contribution in [0.3, 0.4) is 0 Å². The van der Waals surface area contributed by atoms with Gasteiger partial charge in [-0.2, -0.15) is 0 Å². The number of thioether (sulfide) groups is 1. The second-order valence-corrected chi connectivity index (χ2v) is 9.32. The Bertz CT molecular complexity index is 1440. The van der Waals surface area contributed by atoms with Crippen LogP contribution in [0.1, 0.15) is 27.9 Å². The number of aliphatic imine (C=N–C) groups is 2. The molecule has 0 spiro atoms. The third kappa shape index (κ3) is 5.34. The maximum Gasteiger partial charge on any atom is 0.259 e. The summed E-state index contributed by atoms with van der Waals surface area (Å²) in [6.45, 7) is 0.192. The van der Waals surface area contributed by atoms with Crippen LogP contribution < -0.4 is 5.32 Å². The van der Waals surface area contributed by atoms with Gasteiger partial charge in [-0.15, -0.1) is 0 Å². The molecule has 3 aromatic carbocycles. The van der Waals surface area contributed by atoms with E-state index < -0.39 is 17.8 Å². The molecule has 2 aliphatic rings. The smallest absolute Gasteiger partial charge is 0.259 e. The molecule has 0 saturated heterocycles. The number of fused-ring (bicyclic) bond motifs is 3. The van der Waals surface area contributed by atoms with Gasteiger partial charge in [0.15, 0.2) is 11.0 Å². The summed E-state index contributed by atoms with van der Waals surface area (Å²) in [4.78, 5) is 49.0. The van der Waals surface area contributed by atoms with E-state index in [1.165, 1.54) is 41.3 Å². The molecule has 0 bridgehead atoms. The van der Waals surface area contributed by atoms with Crippen molar-refractivity contribution in [2.45, 2.75) is 19.0 Å². The molecule has 7 nitrogen and oxygen atoms in total. The molecule has 2 aliphatic heterocycles. The summed E-state index contributed by atoms with van der Waals surface area (Å²) >= 11 is 1.08. The van der Waals surface area contributed by atoms with Crippen LogP contribution in [0, 0.1) is 11.6 Å². The van der Waals surface area contributed by atoms with E-state index in [4.69, 9.17) is 0 Å². The molecule has 0 fully saturated rings. The first-order valence-electron chi connectivity index (χ1n) is 11.4. The summed E-state index contributed by atoms with van der Waals surface area (Å²) in [7, 11) is 0. The normalized spacial score (nSPS) is 16.0. The van der Waals surface area contributed by atoms with Crippen LogP contribution in [0.5, 0.6) is 0 Å². The van der Waals surface area contributed by atoms with Crippen LogP contribution >= 0.6 is 11.8 Å². The van der Waals surface area contributed by atoms with Gasteiger partial charge >= 0.3 is 0 Å². The minimum atomic E-state index is -0.951. The highest BCUT2D eigenvalue weighted by molar-refractivity contribution is 8.14. The first kappa shape index (κ1) is 24.5. The van der Waals surface area contributed by atoms with Crippen molar-refractivity contribution in [3.63, 3.8) is 0 Å². The van der Waals surface area contributed by atoms with E-state index in [0.717, 1.165) is 17.3 Å². The maximum absolute atomic E-state index is 13.3. The van der Waals surface area contributed by atoms with Crippen LogP contribution in [-0.4, -0.2) is 45.3 Å². The van der Waals surface area contributed by atoms with Crippen LogP contribution in [-0.2, 0) is 16.1 Å². The number of hydrogen-bond acceptors (Lipinski definition) is 6. The molecule has 0 unspecified atom stereocenters. The van der Waals surface area contributed by atoms with E-state index in [0.29, 0.717) is 22.6 Å². The Balaban J connectivity index is 1.30. The zero-order valence-corrected chi connectivity index (χ0v) is 20.2. The Labute approximate surface area is 215 Å². The van der Waals surface area contributed by atoms with Crippen LogP contribution in [0.25, 0.3) is 0 Å². The molecule has 186 valence electrons. The summed E-state index contributed by atoms with van der Waals surface area (Å²) in [5, 5.41) is 3.02. The Hall–Kier alpha value is -4.18. The van der Waals surface area contributed by atoms with E-state index in [1.54, 1.807) is 30.3 Å². The van der Waals surface area contributed by atoms with Crippen LogP contribution in [0.4, 0.5) is 14.5 Å². The SMILES string of the molecule is O=C(C[C@H]1N=C2c3ccccc3N=C(SCC(=O)c3ccc(F)cc3)N2C1=O)NCc1ccc(F)cc1. The number of rotatable bonds is 7. The molecule has 10 heteroatoms. The molecule has 0 aliphatic carbocycles. The summed E-state index contributed by atoms with van der Waals surface area (Å²) in [5.74, 6) is -1.48. The number of halogens is 2. The van der Waals surface area contributed by atoms with Gasteiger partial charge in [-0.05, 0) is 54.1 Å². The molecular formula is C27H20F2N4O3S. The van der Waals surface area contributed by atoms with Gasteiger partial charge in [-0.1, -0.05) is 36.0 Å². The lowest BCUT2D eigenvalue weighted by molar-refractivity contribution is -0.128. The predicted octanol–water partition coefficient (Wildman–Crippen LogP) is 4.25. The first-order valence-corrected chi connectivity index (χ1v) is 12.4. The minimum Gasteiger partial charge on any atom is -0.352 e. The highest BCUT2D eigenvalue weighted by Gasteiger charge is 2.42. The molecule has 37 heavy (non-hydrogen) atoms. The van der Waals surface area contributed by atoms with Gasteiger partial charge in [-0.25, -0.2) is 18.7 Å². The molecular weight excluding hydrogens is 498 g/mol. The van der Waals surface area contributed by atoms with Gasteiger partial charge in [0, 0.05) is 17.7 Å². The standard InChI is InChI=1S/C27H20F2N4O3S/c28-18-9-5-16(6-10-18)14-30-24(35)13-22-26(36)33-25(31-22)20-3-1-2-4-21(20)32-27(33)37-15-23(34)17-7-11-19(29)12-8-17/h1-12,22H,13-15H2,(H,30,35)/t22-/m1/s1. The number of benzene rings is 3. The summed E-state index contributed by atoms with van der Waals surface area (Å²) in [6.07, 6.45) is -0.172. The number of nitrogens with one attached hydrogen (secondary N) is 1. The zero-order chi connectivity index (χ0) is 25.9. The van der Waals surface area contributed by atoms with Crippen molar-refractivity contribution in [3.8, 4) is 0 Å². The maximum atomic E-state index is 13.3. The van der Waals surface area contributed by atoms with Gasteiger partial charge in [0.25, 0.3) is 5.91 Å². The Kier molecular flexibility index (Phi) is 6.91. The topological polar surface area (TPSA) is 91.2 Å². The van der Waals surface area contributed by atoms with Crippen molar-refractivity contribution >= 4 is 46.1 Å². The average molecular weight is 519 g/mol. The fourth-order valence-corrected chi connectivity index (χ4v) is 4.83. The second kappa shape index (κ2) is 10.4. The van der Waals surface area contributed by atoms with E-state index >= 15 is 0 Å². The Morgan fingerprint density at radius 1 is 0.946 bits per heavy atom. The third-order valence-electron chi connectivity index (χ3n) is 5.83. The van der Waals surface area contributed by atoms with E-state index in [9.17, 15) is 23.2 Å². The van der Waals surface area contributed by atoms with Gasteiger partial charge in [0.2, 0.25) is 5.91 Å². The van der Waals surface area contributed by atoms with Gasteiger partial charge < -0.3 is 5.32 Å². The molecule has 1 N–H and O–H groups in total. The van der Waals surface area contributed by atoms with Crippen molar-refractivity contribution in [2.75, 3.05) is 5.75 Å². The molecule has 2 heterocycles. The second-order valence-electron chi connectivity index (χ2n) is 8.38. The fourth-order valence-electron chi connectivity index (χ4n) is 3.93. The largest absolute Gasteiger partial charge is 0.352 e. The summed E-state index contributed by atoms with van der Waals surface area (Å²) < 4.78 is 26.3. The van der Waals surface area contributed by atoms with Crippen LogP contribution in [0.2, 0.25) is 0 Å². The van der Waals surface area contributed by atoms with Gasteiger partial charge in [-0.3, -0.25) is 19.4 Å². The molecule has 0 saturated carbocycles. The Morgan fingerprint density at radius 3 is 2.35 bits per heavy atom. The van der Waals surface area contributed by atoms with Crippen molar-refractivity contribution in [1.82, 2.24) is 10.2 Å². The van der Waals surface area contributed by atoms with Crippen molar-refractivity contribution < 1.29 is 23.2 Å². The summed E-state index contributed by atoms with van der Waals surface area (Å²) in [5.41, 5.74) is 2.33. The Morgan fingerprint density at radius 2 is 1.62 bits per heavy atom. The first-order chi connectivity index (χ1) is 17.9. The highest BCUT2D eigenvalue weighted by atomic mass is 32.2.